The van der Waals surface area contributed by atoms with Crippen molar-refractivity contribution in [3.05, 3.63) is 59.7 Å². The highest BCUT2D eigenvalue weighted by atomic mass is 16.5. The molecular weight excluding hydrogens is 272 g/mol. The Morgan fingerprint density at radius 1 is 1.09 bits per heavy atom. The van der Waals surface area contributed by atoms with Gasteiger partial charge in [-0.2, -0.15) is 0 Å². The molecule has 2 atom stereocenters. The van der Waals surface area contributed by atoms with E-state index in [-0.39, 0.29) is 0 Å². The SMILES string of the molecule is CCOc1ccc(CC(C)NC(C)c2ccccc2)cc1N. The van der Waals surface area contributed by atoms with Crippen molar-refractivity contribution in [2.24, 2.45) is 0 Å². The van der Waals surface area contributed by atoms with Crippen LogP contribution >= 0.6 is 0 Å². The van der Waals surface area contributed by atoms with Gasteiger partial charge in [-0.25, -0.2) is 0 Å². The lowest BCUT2D eigenvalue weighted by Crippen LogP contribution is -2.30. The van der Waals surface area contributed by atoms with E-state index in [1.54, 1.807) is 0 Å². The molecule has 0 saturated carbocycles. The first-order valence-electron chi connectivity index (χ1n) is 7.92. The minimum absolute atomic E-state index is 0.330. The highest BCUT2D eigenvalue weighted by molar-refractivity contribution is 5.54. The summed E-state index contributed by atoms with van der Waals surface area (Å²) in [6.45, 7) is 6.99. The molecule has 0 heterocycles. The summed E-state index contributed by atoms with van der Waals surface area (Å²) in [6, 6.07) is 17.3. The molecule has 0 aliphatic rings. The molecule has 3 heteroatoms. The number of anilines is 1. The monoisotopic (exact) mass is 298 g/mol. The summed E-state index contributed by atoms with van der Waals surface area (Å²) in [5, 5.41) is 3.63. The van der Waals surface area contributed by atoms with Crippen LogP contribution in [-0.2, 0) is 6.42 Å². The summed E-state index contributed by atoms with van der Waals surface area (Å²) < 4.78 is 5.48. The molecule has 2 rings (SSSR count). The Balaban J connectivity index is 1.94. The van der Waals surface area contributed by atoms with Crippen molar-refractivity contribution in [3.63, 3.8) is 0 Å². The third kappa shape index (κ3) is 4.50. The molecule has 0 fully saturated rings. The van der Waals surface area contributed by atoms with Gasteiger partial charge in [0.25, 0.3) is 0 Å². The second kappa shape index (κ2) is 7.85. The number of nitrogens with two attached hydrogens (primary N) is 1. The van der Waals surface area contributed by atoms with Crippen molar-refractivity contribution in [1.29, 1.82) is 0 Å². The van der Waals surface area contributed by atoms with Crippen molar-refractivity contribution in [1.82, 2.24) is 5.32 Å². The molecule has 0 saturated heterocycles. The quantitative estimate of drug-likeness (QED) is 0.761. The number of nitrogen functional groups attached to an aromatic ring is 1. The van der Waals surface area contributed by atoms with Crippen LogP contribution in [0.25, 0.3) is 0 Å². The first-order valence-corrected chi connectivity index (χ1v) is 7.92. The summed E-state index contributed by atoms with van der Waals surface area (Å²) in [4.78, 5) is 0. The molecule has 0 aromatic heterocycles. The first-order chi connectivity index (χ1) is 10.6. The molecule has 118 valence electrons. The van der Waals surface area contributed by atoms with Crippen LogP contribution in [0.4, 0.5) is 5.69 Å². The van der Waals surface area contributed by atoms with Crippen LogP contribution in [-0.4, -0.2) is 12.6 Å². The number of benzene rings is 2. The molecule has 2 unspecified atom stereocenters. The molecule has 2 aromatic carbocycles. The van der Waals surface area contributed by atoms with E-state index in [9.17, 15) is 0 Å². The number of nitrogens with one attached hydrogen (secondary N) is 1. The van der Waals surface area contributed by atoms with E-state index in [0.717, 1.165) is 12.2 Å². The minimum Gasteiger partial charge on any atom is -0.492 e. The zero-order valence-electron chi connectivity index (χ0n) is 13.7. The summed E-state index contributed by atoms with van der Waals surface area (Å²) in [7, 11) is 0. The van der Waals surface area contributed by atoms with Crippen molar-refractivity contribution in [2.45, 2.75) is 39.3 Å². The highest BCUT2D eigenvalue weighted by Gasteiger charge is 2.10. The Hall–Kier alpha value is -2.00. The van der Waals surface area contributed by atoms with Gasteiger partial charge < -0.3 is 15.8 Å². The molecule has 0 aliphatic carbocycles. The Labute approximate surface area is 133 Å². The summed E-state index contributed by atoms with van der Waals surface area (Å²) >= 11 is 0. The summed E-state index contributed by atoms with van der Waals surface area (Å²) in [6.07, 6.45) is 0.938. The van der Waals surface area contributed by atoms with Crippen LogP contribution < -0.4 is 15.8 Å². The Kier molecular flexibility index (Phi) is 5.84. The van der Waals surface area contributed by atoms with Gasteiger partial charge in [-0.3, -0.25) is 0 Å². The van der Waals surface area contributed by atoms with Gasteiger partial charge in [0.2, 0.25) is 0 Å². The Morgan fingerprint density at radius 3 is 2.45 bits per heavy atom. The number of ether oxygens (including phenoxy) is 1. The smallest absolute Gasteiger partial charge is 0.142 e. The van der Waals surface area contributed by atoms with Gasteiger partial charge in [-0.05, 0) is 50.5 Å². The van der Waals surface area contributed by atoms with Crippen LogP contribution in [0.3, 0.4) is 0 Å². The number of hydrogen-bond acceptors (Lipinski definition) is 3. The van der Waals surface area contributed by atoms with E-state index in [1.165, 1.54) is 11.1 Å². The molecule has 2 aromatic rings. The highest BCUT2D eigenvalue weighted by Crippen LogP contribution is 2.23. The predicted molar refractivity (Wildman–Crippen MR) is 93.2 cm³/mol. The van der Waals surface area contributed by atoms with E-state index in [0.29, 0.717) is 24.4 Å². The lowest BCUT2D eigenvalue weighted by atomic mass is 10.0. The minimum atomic E-state index is 0.330. The summed E-state index contributed by atoms with van der Waals surface area (Å²) in [5.41, 5.74) is 9.27. The third-order valence-electron chi connectivity index (χ3n) is 3.75. The third-order valence-corrected chi connectivity index (χ3v) is 3.75. The lowest BCUT2D eigenvalue weighted by Gasteiger charge is -2.21. The molecule has 0 bridgehead atoms. The maximum Gasteiger partial charge on any atom is 0.142 e. The van der Waals surface area contributed by atoms with Gasteiger partial charge in [0, 0.05) is 12.1 Å². The first kappa shape index (κ1) is 16.4. The fourth-order valence-corrected chi connectivity index (χ4v) is 2.69. The molecule has 22 heavy (non-hydrogen) atoms. The van der Waals surface area contributed by atoms with E-state index < -0.39 is 0 Å². The van der Waals surface area contributed by atoms with Crippen LogP contribution in [0, 0.1) is 0 Å². The van der Waals surface area contributed by atoms with Crippen LogP contribution in [0.2, 0.25) is 0 Å². The van der Waals surface area contributed by atoms with Crippen molar-refractivity contribution >= 4 is 5.69 Å². The maximum atomic E-state index is 6.03. The number of rotatable bonds is 7. The second-order valence-corrected chi connectivity index (χ2v) is 5.71. The van der Waals surface area contributed by atoms with E-state index >= 15 is 0 Å². The molecule has 0 spiro atoms. The van der Waals surface area contributed by atoms with E-state index in [1.807, 2.05) is 25.1 Å². The fraction of sp³-hybridized carbons (Fsp3) is 0.368. The van der Waals surface area contributed by atoms with Gasteiger partial charge in [0.1, 0.15) is 5.75 Å². The normalized spacial score (nSPS) is 13.6. The zero-order chi connectivity index (χ0) is 15.9. The van der Waals surface area contributed by atoms with Crippen molar-refractivity contribution < 1.29 is 4.74 Å². The van der Waals surface area contributed by atoms with Crippen LogP contribution in [0.1, 0.15) is 37.9 Å². The molecule has 0 aliphatic heterocycles. The Bertz CT molecular complexity index is 583. The van der Waals surface area contributed by atoms with Gasteiger partial charge in [0.15, 0.2) is 0 Å². The van der Waals surface area contributed by atoms with Gasteiger partial charge in [0.05, 0.1) is 12.3 Å². The topological polar surface area (TPSA) is 47.3 Å². The van der Waals surface area contributed by atoms with E-state index in [4.69, 9.17) is 10.5 Å². The van der Waals surface area contributed by atoms with Crippen LogP contribution in [0.15, 0.2) is 48.5 Å². The average molecular weight is 298 g/mol. The van der Waals surface area contributed by atoms with E-state index in [2.05, 4.69) is 49.5 Å². The lowest BCUT2D eigenvalue weighted by molar-refractivity contribution is 0.342. The van der Waals surface area contributed by atoms with Gasteiger partial charge >= 0.3 is 0 Å². The van der Waals surface area contributed by atoms with Crippen molar-refractivity contribution in [3.8, 4) is 5.75 Å². The van der Waals surface area contributed by atoms with Gasteiger partial charge in [-0.15, -0.1) is 0 Å². The molecule has 0 amide bonds. The predicted octanol–water partition coefficient (Wildman–Crippen LogP) is 3.95. The summed E-state index contributed by atoms with van der Waals surface area (Å²) in [5.74, 6) is 0.768. The van der Waals surface area contributed by atoms with Crippen molar-refractivity contribution in [2.75, 3.05) is 12.3 Å². The largest absolute Gasteiger partial charge is 0.492 e. The van der Waals surface area contributed by atoms with Gasteiger partial charge in [-0.1, -0.05) is 36.4 Å². The zero-order valence-corrected chi connectivity index (χ0v) is 13.7. The Morgan fingerprint density at radius 2 is 1.82 bits per heavy atom. The molecule has 3 nitrogen and oxygen atoms in total. The maximum absolute atomic E-state index is 6.03. The molecule has 0 radical (unpaired) electrons. The molecular formula is C19H26N2O. The fourth-order valence-electron chi connectivity index (χ4n) is 2.69. The average Bonchev–Trinajstić information content (AvgIpc) is 2.51. The second-order valence-electron chi connectivity index (χ2n) is 5.71. The van der Waals surface area contributed by atoms with Crippen LogP contribution in [0.5, 0.6) is 5.75 Å². The standard InChI is InChI=1S/C19H26N2O/c1-4-22-19-11-10-16(13-18(19)20)12-14(2)21-15(3)17-8-6-5-7-9-17/h5-11,13-15,21H,4,12,20H2,1-3H3. The number of hydrogen-bond donors (Lipinski definition) is 2. The molecule has 3 N–H and O–H groups in total.